The molecule has 8 heteroatoms. The molecular weight excluding hydrogens is 407 g/mol. The summed E-state index contributed by atoms with van der Waals surface area (Å²) in [5.74, 6) is -1.34. The van der Waals surface area contributed by atoms with Crippen molar-refractivity contribution < 1.29 is 22.3 Å². The van der Waals surface area contributed by atoms with Crippen molar-refractivity contribution in [1.29, 1.82) is 0 Å². The first kappa shape index (κ1) is 23.4. The number of nitrogens with one attached hydrogen (secondary N) is 2. The molecule has 0 heterocycles. The van der Waals surface area contributed by atoms with Crippen LogP contribution in [0.5, 0.6) is 0 Å². The molecular formula is C22H27FN2O4S. The van der Waals surface area contributed by atoms with Crippen molar-refractivity contribution in [2.24, 2.45) is 0 Å². The quantitative estimate of drug-likeness (QED) is 0.508. The van der Waals surface area contributed by atoms with Gasteiger partial charge >= 0.3 is 0 Å². The number of halogens is 1. The standard InChI is InChI=1S/C22H27FN2O4S/c1-13(2)24-17-7-8-18(20(23)12-17)19-10-14(3)16(9-15(19)4)11-21(29-5)22(26)25-30(6,27)28/h7-13,24H,1-6H3,(H,25,26). The third-order valence-corrected chi connectivity index (χ3v) is 4.89. The van der Waals surface area contributed by atoms with E-state index in [0.29, 0.717) is 16.8 Å². The Bertz CT molecular complexity index is 1090. The number of carbonyl (C=O) groups is 1. The summed E-state index contributed by atoms with van der Waals surface area (Å²) in [6, 6.07) is 8.86. The fourth-order valence-corrected chi connectivity index (χ4v) is 3.46. The minimum absolute atomic E-state index is 0.147. The fourth-order valence-electron chi connectivity index (χ4n) is 3.02. The highest BCUT2D eigenvalue weighted by Crippen LogP contribution is 2.31. The number of hydrogen-bond donors (Lipinski definition) is 2. The van der Waals surface area contributed by atoms with Crippen LogP contribution in [0, 0.1) is 19.7 Å². The first-order chi connectivity index (χ1) is 13.9. The highest BCUT2D eigenvalue weighted by molar-refractivity contribution is 7.89. The highest BCUT2D eigenvalue weighted by atomic mass is 32.2. The lowest BCUT2D eigenvalue weighted by Crippen LogP contribution is -2.31. The molecule has 2 N–H and O–H groups in total. The van der Waals surface area contributed by atoms with Gasteiger partial charge in [-0.25, -0.2) is 17.5 Å². The van der Waals surface area contributed by atoms with Crippen LogP contribution in [0.15, 0.2) is 36.1 Å². The third-order valence-electron chi connectivity index (χ3n) is 4.34. The highest BCUT2D eigenvalue weighted by Gasteiger charge is 2.16. The Morgan fingerprint density at radius 1 is 1.10 bits per heavy atom. The molecule has 0 fully saturated rings. The van der Waals surface area contributed by atoms with Gasteiger partial charge in [0.25, 0.3) is 5.91 Å². The summed E-state index contributed by atoms with van der Waals surface area (Å²) >= 11 is 0. The molecule has 2 rings (SSSR count). The lowest BCUT2D eigenvalue weighted by molar-refractivity contribution is -0.118. The molecule has 0 unspecified atom stereocenters. The molecule has 0 atom stereocenters. The Balaban J connectivity index is 2.43. The van der Waals surface area contributed by atoms with Gasteiger partial charge in [0.1, 0.15) is 5.82 Å². The predicted octanol–water partition coefficient (Wildman–Crippen LogP) is 3.99. The molecule has 0 radical (unpaired) electrons. The van der Waals surface area contributed by atoms with Gasteiger partial charge in [-0.3, -0.25) is 4.79 Å². The molecule has 0 aliphatic carbocycles. The maximum Gasteiger partial charge on any atom is 0.299 e. The van der Waals surface area contributed by atoms with Gasteiger partial charge < -0.3 is 10.1 Å². The topological polar surface area (TPSA) is 84.5 Å². The molecule has 0 saturated carbocycles. The number of methoxy groups -OCH3 is 1. The SMILES string of the molecule is COC(=Cc1cc(C)c(-c2ccc(NC(C)C)cc2F)cc1C)C(=O)NS(C)(=O)=O. The minimum atomic E-state index is -3.72. The van der Waals surface area contributed by atoms with E-state index in [1.165, 1.54) is 19.3 Å². The van der Waals surface area contributed by atoms with Crippen LogP contribution in [0.2, 0.25) is 0 Å². The number of sulfonamides is 1. The number of hydrogen-bond acceptors (Lipinski definition) is 5. The van der Waals surface area contributed by atoms with E-state index in [0.717, 1.165) is 22.9 Å². The first-order valence-electron chi connectivity index (χ1n) is 9.36. The summed E-state index contributed by atoms with van der Waals surface area (Å²) in [4.78, 5) is 12.1. The molecule has 2 aromatic rings. The zero-order chi connectivity index (χ0) is 22.6. The van der Waals surface area contributed by atoms with Crippen LogP contribution in [0.3, 0.4) is 0 Å². The van der Waals surface area contributed by atoms with Crippen LogP contribution < -0.4 is 10.0 Å². The smallest absolute Gasteiger partial charge is 0.299 e. The van der Waals surface area contributed by atoms with E-state index in [4.69, 9.17) is 4.74 Å². The van der Waals surface area contributed by atoms with Gasteiger partial charge in [-0.05, 0) is 74.2 Å². The largest absolute Gasteiger partial charge is 0.491 e. The molecule has 162 valence electrons. The monoisotopic (exact) mass is 434 g/mol. The van der Waals surface area contributed by atoms with Gasteiger partial charge in [-0.1, -0.05) is 12.1 Å². The van der Waals surface area contributed by atoms with E-state index in [2.05, 4.69) is 5.32 Å². The second-order valence-electron chi connectivity index (χ2n) is 7.43. The number of benzene rings is 2. The number of rotatable bonds is 7. The van der Waals surface area contributed by atoms with E-state index in [-0.39, 0.29) is 17.6 Å². The Morgan fingerprint density at radius 3 is 2.30 bits per heavy atom. The zero-order valence-electron chi connectivity index (χ0n) is 18.0. The molecule has 0 bridgehead atoms. The van der Waals surface area contributed by atoms with E-state index >= 15 is 0 Å². The Labute approximate surface area is 177 Å². The van der Waals surface area contributed by atoms with Crippen molar-refractivity contribution in [3.63, 3.8) is 0 Å². The second kappa shape index (κ2) is 9.30. The average Bonchev–Trinajstić information content (AvgIpc) is 2.60. The van der Waals surface area contributed by atoms with Crippen molar-refractivity contribution in [3.05, 3.63) is 58.6 Å². The van der Waals surface area contributed by atoms with E-state index in [1.54, 1.807) is 12.1 Å². The van der Waals surface area contributed by atoms with Crippen LogP contribution in [0.4, 0.5) is 10.1 Å². The molecule has 30 heavy (non-hydrogen) atoms. The summed E-state index contributed by atoms with van der Waals surface area (Å²) in [6.07, 6.45) is 2.34. The van der Waals surface area contributed by atoms with Crippen LogP contribution in [0.25, 0.3) is 17.2 Å². The molecule has 0 saturated heterocycles. The zero-order valence-corrected chi connectivity index (χ0v) is 18.8. The van der Waals surface area contributed by atoms with Gasteiger partial charge in [-0.15, -0.1) is 0 Å². The molecule has 0 aliphatic rings. The molecule has 0 spiro atoms. The number of aryl methyl sites for hydroxylation is 2. The van der Waals surface area contributed by atoms with Crippen LogP contribution >= 0.6 is 0 Å². The second-order valence-corrected chi connectivity index (χ2v) is 9.18. The fraction of sp³-hybridized carbons (Fsp3) is 0.318. The minimum Gasteiger partial charge on any atom is -0.491 e. The molecule has 1 amide bonds. The maximum absolute atomic E-state index is 14.7. The van der Waals surface area contributed by atoms with E-state index in [9.17, 15) is 17.6 Å². The van der Waals surface area contributed by atoms with E-state index < -0.39 is 15.9 Å². The van der Waals surface area contributed by atoms with Gasteiger partial charge in [0.15, 0.2) is 5.76 Å². The summed E-state index contributed by atoms with van der Waals surface area (Å²) < 4.78 is 44.3. The molecule has 6 nitrogen and oxygen atoms in total. The Kier molecular flexibility index (Phi) is 7.25. The van der Waals surface area contributed by atoms with Crippen molar-refractivity contribution in [3.8, 4) is 11.1 Å². The third kappa shape index (κ3) is 6.06. The molecule has 0 aliphatic heterocycles. The number of amides is 1. The molecule has 0 aromatic heterocycles. The van der Waals surface area contributed by atoms with Crippen molar-refractivity contribution in [2.45, 2.75) is 33.7 Å². The van der Waals surface area contributed by atoms with Crippen LogP contribution in [0.1, 0.15) is 30.5 Å². The molecule has 2 aromatic carbocycles. The number of anilines is 1. The summed E-state index contributed by atoms with van der Waals surface area (Å²) in [5, 5.41) is 3.17. The van der Waals surface area contributed by atoms with Crippen molar-refractivity contribution >= 4 is 27.7 Å². The van der Waals surface area contributed by atoms with E-state index in [1.807, 2.05) is 44.5 Å². The van der Waals surface area contributed by atoms with Gasteiger partial charge in [-0.2, -0.15) is 0 Å². The lowest BCUT2D eigenvalue weighted by atomic mass is 9.94. The Hall–Kier alpha value is -2.87. The van der Waals surface area contributed by atoms with Gasteiger partial charge in [0.2, 0.25) is 10.0 Å². The van der Waals surface area contributed by atoms with Crippen molar-refractivity contribution in [1.82, 2.24) is 4.72 Å². The van der Waals surface area contributed by atoms with Gasteiger partial charge in [0, 0.05) is 17.3 Å². The van der Waals surface area contributed by atoms with Crippen LogP contribution in [-0.2, 0) is 19.6 Å². The average molecular weight is 435 g/mol. The number of carbonyl (C=O) groups excluding carboxylic acids is 1. The lowest BCUT2D eigenvalue weighted by Gasteiger charge is -2.15. The first-order valence-corrected chi connectivity index (χ1v) is 11.3. The predicted molar refractivity (Wildman–Crippen MR) is 118 cm³/mol. The summed E-state index contributed by atoms with van der Waals surface area (Å²) in [5.41, 5.74) is 4.16. The normalized spacial score (nSPS) is 12.1. The summed E-state index contributed by atoms with van der Waals surface area (Å²) in [6.45, 7) is 7.63. The van der Waals surface area contributed by atoms with Gasteiger partial charge in [0.05, 0.1) is 13.4 Å². The number of ether oxygens (including phenoxy) is 1. The summed E-state index contributed by atoms with van der Waals surface area (Å²) in [7, 11) is -2.43. The van der Waals surface area contributed by atoms with Crippen molar-refractivity contribution in [2.75, 3.05) is 18.7 Å². The Morgan fingerprint density at radius 2 is 1.77 bits per heavy atom. The maximum atomic E-state index is 14.7. The van der Waals surface area contributed by atoms with Crippen LogP contribution in [-0.4, -0.2) is 33.7 Å².